The van der Waals surface area contributed by atoms with Gasteiger partial charge in [-0.1, -0.05) is 6.07 Å². The summed E-state index contributed by atoms with van der Waals surface area (Å²) in [5.41, 5.74) is 0.964. The molecule has 0 amide bonds. The zero-order chi connectivity index (χ0) is 12.1. The molecule has 0 saturated carbocycles. The average molecular weight is 232 g/mol. The van der Waals surface area contributed by atoms with Crippen LogP contribution in [-0.2, 0) is 0 Å². The lowest BCUT2D eigenvalue weighted by atomic mass is 10.0. The van der Waals surface area contributed by atoms with Crippen molar-refractivity contribution in [3.8, 4) is 17.6 Å². The molecular formula is C13H16N2O2. The number of nitrogens with one attached hydrogen (secondary N) is 1. The molecule has 1 unspecified atom stereocenters. The molecule has 1 N–H and O–H groups in total. The van der Waals surface area contributed by atoms with E-state index in [9.17, 15) is 0 Å². The molecule has 90 valence electrons. The van der Waals surface area contributed by atoms with E-state index in [0.29, 0.717) is 19.8 Å². The number of fused-ring (bicyclic) bond motifs is 1. The van der Waals surface area contributed by atoms with Crippen molar-refractivity contribution in [2.24, 2.45) is 0 Å². The fraction of sp³-hybridized carbons (Fsp3) is 0.462. The van der Waals surface area contributed by atoms with Gasteiger partial charge in [0.1, 0.15) is 0 Å². The van der Waals surface area contributed by atoms with Crippen LogP contribution in [0, 0.1) is 11.3 Å². The van der Waals surface area contributed by atoms with Crippen molar-refractivity contribution < 1.29 is 9.47 Å². The van der Waals surface area contributed by atoms with Gasteiger partial charge in [-0.15, -0.1) is 0 Å². The first-order chi connectivity index (χ1) is 8.35. The van der Waals surface area contributed by atoms with Crippen molar-refractivity contribution in [2.45, 2.75) is 12.3 Å². The predicted molar refractivity (Wildman–Crippen MR) is 64.3 cm³/mol. The molecule has 1 aromatic carbocycles. The van der Waals surface area contributed by atoms with Crippen LogP contribution in [0.5, 0.6) is 11.5 Å². The molecule has 0 spiro atoms. The molecule has 0 aromatic heterocycles. The van der Waals surface area contributed by atoms with E-state index in [-0.39, 0.29) is 5.92 Å². The number of hydrogen-bond acceptors (Lipinski definition) is 4. The van der Waals surface area contributed by atoms with E-state index in [0.717, 1.165) is 23.5 Å². The van der Waals surface area contributed by atoms with Crippen LogP contribution in [-0.4, -0.2) is 26.8 Å². The SMILES string of the molecule is CNCC(C#N)c1ccc2c(c1)OCCCO2. The number of likely N-dealkylation sites (N-methyl/N-ethyl adjacent to an activating group) is 1. The van der Waals surface area contributed by atoms with Gasteiger partial charge in [0.2, 0.25) is 0 Å². The van der Waals surface area contributed by atoms with Gasteiger partial charge in [-0.3, -0.25) is 0 Å². The summed E-state index contributed by atoms with van der Waals surface area (Å²) in [6.07, 6.45) is 0.891. The van der Waals surface area contributed by atoms with E-state index in [1.807, 2.05) is 25.2 Å². The number of nitrogens with zero attached hydrogens (tertiary/aromatic N) is 1. The van der Waals surface area contributed by atoms with Crippen LogP contribution in [0.3, 0.4) is 0 Å². The Bertz CT molecular complexity index is 426. The normalized spacial score (nSPS) is 15.8. The highest BCUT2D eigenvalue weighted by molar-refractivity contribution is 5.45. The Kier molecular flexibility index (Phi) is 3.84. The Balaban J connectivity index is 2.25. The molecule has 0 saturated heterocycles. The van der Waals surface area contributed by atoms with Crippen molar-refractivity contribution in [1.29, 1.82) is 5.26 Å². The Morgan fingerprint density at radius 2 is 2.12 bits per heavy atom. The smallest absolute Gasteiger partial charge is 0.161 e. The van der Waals surface area contributed by atoms with Crippen LogP contribution in [0.15, 0.2) is 18.2 Å². The summed E-state index contributed by atoms with van der Waals surface area (Å²) in [6, 6.07) is 8.01. The second kappa shape index (κ2) is 5.55. The summed E-state index contributed by atoms with van der Waals surface area (Å²) >= 11 is 0. The lowest BCUT2D eigenvalue weighted by Gasteiger charge is -2.12. The maximum absolute atomic E-state index is 9.11. The van der Waals surface area contributed by atoms with Crippen molar-refractivity contribution in [1.82, 2.24) is 5.32 Å². The number of benzene rings is 1. The molecule has 0 fully saturated rings. The monoisotopic (exact) mass is 232 g/mol. The van der Waals surface area contributed by atoms with Crippen molar-refractivity contribution in [2.75, 3.05) is 26.8 Å². The molecule has 1 heterocycles. The van der Waals surface area contributed by atoms with Gasteiger partial charge in [0, 0.05) is 13.0 Å². The second-order valence-electron chi connectivity index (χ2n) is 4.00. The summed E-state index contributed by atoms with van der Waals surface area (Å²) in [5.74, 6) is 1.36. The minimum Gasteiger partial charge on any atom is -0.490 e. The molecule has 2 rings (SSSR count). The van der Waals surface area contributed by atoms with Gasteiger partial charge < -0.3 is 14.8 Å². The second-order valence-corrected chi connectivity index (χ2v) is 4.00. The van der Waals surface area contributed by atoms with Crippen LogP contribution in [0.25, 0.3) is 0 Å². The molecule has 0 bridgehead atoms. The Hall–Kier alpha value is -1.73. The maximum atomic E-state index is 9.11. The zero-order valence-corrected chi connectivity index (χ0v) is 9.90. The number of ether oxygens (including phenoxy) is 2. The van der Waals surface area contributed by atoms with E-state index >= 15 is 0 Å². The predicted octanol–water partition coefficient (Wildman–Crippen LogP) is 1.67. The van der Waals surface area contributed by atoms with E-state index < -0.39 is 0 Å². The van der Waals surface area contributed by atoms with Crippen LogP contribution in [0.2, 0.25) is 0 Å². The van der Waals surface area contributed by atoms with Gasteiger partial charge in [-0.25, -0.2) is 0 Å². The van der Waals surface area contributed by atoms with Gasteiger partial charge in [-0.2, -0.15) is 5.26 Å². The van der Waals surface area contributed by atoms with Gasteiger partial charge >= 0.3 is 0 Å². The molecule has 1 aliphatic rings. The molecular weight excluding hydrogens is 216 g/mol. The first kappa shape index (κ1) is 11.7. The van der Waals surface area contributed by atoms with Crippen LogP contribution in [0.1, 0.15) is 17.9 Å². The summed E-state index contributed by atoms with van der Waals surface area (Å²) < 4.78 is 11.2. The highest BCUT2D eigenvalue weighted by Crippen LogP contribution is 2.32. The highest BCUT2D eigenvalue weighted by atomic mass is 16.5. The van der Waals surface area contributed by atoms with Crippen molar-refractivity contribution in [3.05, 3.63) is 23.8 Å². The van der Waals surface area contributed by atoms with Crippen LogP contribution < -0.4 is 14.8 Å². The van der Waals surface area contributed by atoms with E-state index in [1.54, 1.807) is 0 Å². The van der Waals surface area contributed by atoms with Crippen molar-refractivity contribution in [3.63, 3.8) is 0 Å². The maximum Gasteiger partial charge on any atom is 0.161 e. The van der Waals surface area contributed by atoms with E-state index in [2.05, 4.69) is 11.4 Å². The summed E-state index contributed by atoms with van der Waals surface area (Å²) in [6.45, 7) is 1.99. The molecule has 1 atom stereocenters. The lowest BCUT2D eigenvalue weighted by Crippen LogP contribution is -2.15. The van der Waals surface area contributed by atoms with E-state index in [4.69, 9.17) is 14.7 Å². The Morgan fingerprint density at radius 1 is 1.35 bits per heavy atom. The standard InChI is InChI=1S/C13H16N2O2/c1-15-9-11(8-14)10-3-4-12-13(7-10)17-6-2-5-16-12/h3-4,7,11,15H,2,5-6,9H2,1H3. The van der Waals surface area contributed by atoms with Gasteiger partial charge in [0.15, 0.2) is 11.5 Å². The zero-order valence-electron chi connectivity index (χ0n) is 9.90. The molecule has 4 heteroatoms. The molecule has 0 aliphatic carbocycles. The Morgan fingerprint density at radius 3 is 2.82 bits per heavy atom. The number of rotatable bonds is 3. The van der Waals surface area contributed by atoms with E-state index in [1.165, 1.54) is 0 Å². The van der Waals surface area contributed by atoms with Crippen LogP contribution in [0.4, 0.5) is 0 Å². The van der Waals surface area contributed by atoms with Gasteiger partial charge in [0.05, 0.1) is 25.2 Å². The third kappa shape index (κ3) is 2.69. The number of nitriles is 1. The average Bonchev–Trinajstić information content (AvgIpc) is 2.60. The Labute approximate surface area is 101 Å². The summed E-state index contributed by atoms with van der Waals surface area (Å²) in [4.78, 5) is 0. The third-order valence-corrected chi connectivity index (χ3v) is 2.74. The first-order valence-electron chi connectivity index (χ1n) is 5.79. The minimum atomic E-state index is -0.155. The third-order valence-electron chi connectivity index (χ3n) is 2.74. The summed E-state index contributed by atoms with van der Waals surface area (Å²) in [7, 11) is 1.84. The van der Waals surface area contributed by atoms with Gasteiger partial charge in [-0.05, 0) is 24.7 Å². The quantitative estimate of drug-likeness (QED) is 0.861. The fourth-order valence-corrected chi connectivity index (χ4v) is 1.84. The van der Waals surface area contributed by atoms with Gasteiger partial charge in [0.25, 0.3) is 0 Å². The summed E-state index contributed by atoms with van der Waals surface area (Å²) in [5, 5.41) is 12.1. The molecule has 0 radical (unpaired) electrons. The molecule has 17 heavy (non-hydrogen) atoms. The fourth-order valence-electron chi connectivity index (χ4n) is 1.84. The first-order valence-corrected chi connectivity index (χ1v) is 5.79. The largest absolute Gasteiger partial charge is 0.490 e. The van der Waals surface area contributed by atoms with Crippen molar-refractivity contribution >= 4 is 0 Å². The molecule has 4 nitrogen and oxygen atoms in total. The lowest BCUT2D eigenvalue weighted by molar-refractivity contribution is 0.297. The topological polar surface area (TPSA) is 54.3 Å². The number of hydrogen-bond donors (Lipinski definition) is 1. The molecule has 1 aliphatic heterocycles. The van der Waals surface area contributed by atoms with Crippen LogP contribution >= 0.6 is 0 Å². The highest BCUT2D eigenvalue weighted by Gasteiger charge is 2.15. The molecule has 1 aromatic rings. The minimum absolute atomic E-state index is 0.155.